The van der Waals surface area contributed by atoms with Crippen molar-refractivity contribution in [1.29, 1.82) is 0 Å². The lowest BCUT2D eigenvalue weighted by atomic mass is 10.2. The van der Waals surface area contributed by atoms with Crippen LogP contribution in [0.4, 0.5) is 5.69 Å². The minimum absolute atomic E-state index is 0. The number of halogens is 1. The van der Waals surface area contributed by atoms with Gasteiger partial charge in [0, 0.05) is 31.4 Å². The predicted molar refractivity (Wildman–Crippen MR) is 116 cm³/mol. The highest BCUT2D eigenvalue weighted by Crippen LogP contribution is 2.30. The molecule has 0 radical (unpaired) electrons. The van der Waals surface area contributed by atoms with Crippen molar-refractivity contribution in [3.05, 3.63) is 18.2 Å². The third-order valence-corrected chi connectivity index (χ3v) is 3.87. The molecular weight excluding hydrogens is 447 g/mol. The molecule has 1 aliphatic rings. The molecule has 1 saturated heterocycles. The van der Waals surface area contributed by atoms with E-state index in [1.165, 1.54) is 0 Å². The van der Waals surface area contributed by atoms with Crippen molar-refractivity contribution in [2.24, 2.45) is 4.99 Å². The molecule has 0 spiro atoms. The average Bonchev–Trinajstić information content (AvgIpc) is 2.60. The van der Waals surface area contributed by atoms with Gasteiger partial charge in [-0.25, -0.2) is 0 Å². The van der Waals surface area contributed by atoms with Crippen molar-refractivity contribution < 1.29 is 14.2 Å². The largest absolute Gasteiger partial charge is 0.493 e. The van der Waals surface area contributed by atoms with Gasteiger partial charge in [-0.15, -0.1) is 24.0 Å². The number of guanidine groups is 1. The molecule has 0 aliphatic carbocycles. The molecule has 0 aromatic heterocycles. The summed E-state index contributed by atoms with van der Waals surface area (Å²) in [5, 5.41) is 6.57. The molecule has 1 fully saturated rings. The van der Waals surface area contributed by atoms with Crippen LogP contribution in [0.3, 0.4) is 0 Å². The Kier molecular flexibility index (Phi) is 10.7. The highest BCUT2D eigenvalue weighted by molar-refractivity contribution is 14.0. The van der Waals surface area contributed by atoms with Crippen LogP contribution in [0.2, 0.25) is 0 Å². The third-order valence-electron chi connectivity index (χ3n) is 3.87. The van der Waals surface area contributed by atoms with Crippen LogP contribution < -0.4 is 20.1 Å². The molecule has 0 saturated carbocycles. The standard InChI is InChI=1S/C18H30N4O3.HI/c1-5-19-18(20-12-15-13-22(3)9-10-25-15)21-14-7-8-16(23-4)17(11-14)24-6-2;/h7-8,11,15H,5-6,9-10,12-13H2,1-4H3,(H2,19,20,21);1H. The fraction of sp³-hybridized carbons (Fsp3) is 0.611. The highest BCUT2D eigenvalue weighted by atomic mass is 127. The van der Waals surface area contributed by atoms with Gasteiger partial charge >= 0.3 is 0 Å². The molecule has 7 nitrogen and oxygen atoms in total. The van der Waals surface area contributed by atoms with E-state index < -0.39 is 0 Å². The first-order valence-corrected chi connectivity index (χ1v) is 8.82. The Hall–Kier alpha value is -1.26. The van der Waals surface area contributed by atoms with Crippen molar-refractivity contribution in [3.63, 3.8) is 0 Å². The summed E-state index contributed by atoms with van der Waals surface area (Å²) in [7, 11) is 3.74. The molecule has 1 unspecified atom stereocenters. The smallest absolute Gasteiger partial charge is 0.195 e. The maximum Gasteiger partial charge on any atom is 0.195 e. The lowest BCUT2D eigenvalue weighted by Crippen LogP contribution is -2.42. The van der Waals surface area contributed by atoms with Gasteiger partial charge in [0.15, 0.2) is 17.5 Å². The van der Waals surface area contributed by atoms with Crippen LogP contribution in [0.5, 0.6) is 11.5 Å². The number of benzene rings is 1. The van der Waals surface area contributed by atoms with Gasteiger partial charge in [0.1, 0.15) is 0 Å². The van der Waals surface area contributed by atoms with Crippen molar-refractivity contribution in [3.8, 4) is 11.5 Å². The number of ether oxygens (including phenoxy) is 3. The number of likely N-dealkylation sites (N-methyl/N-ethyl adjacent to an activating group) is 1. The van der Waals surface area contributed by atoms with Gasteiger partial charge in [0.2, 0.25) is 0 Å². The Labute approximate surface area is 173 Å². The summed E-state index contributed by atoms with van der Waals surface area (Å²) in [6.07, 6.45) is 0.129. The number of hydrogen-bond donors (Lipinski definition) is 2. The van der Waals surface area contributed by atoms with Crippen LogP contribution in [0.1, 0.15) is 13.8 Å². The van der Waals surface area contributed by atoms with Gasteiger partial charge in [-0.3, -0.25) is 4.99 Å². The summed E-state index contributed by atoms with van der Waals surface area (Å²) in [5.74, 6) is 2.16. The summed E-state index contributed by atoms with van der Waals surface area (Å²) >= 11 is 0. The first-order chi connectivity index (χ1) is 12.2. The number of morpholine rings is 1. The monoisotopic (exact) mass is 478 g/mol. The molecule has 1 atom stereocenters. The Balaban J connectivity index is 0.00000338. The van der Waals surface area contributed by atoms with Gasteiger partial charge in [0.25, 0.3) is 0 Å². The zero-order chi connectivity index (χ0) is 18.1. The van der Waals surface area contributed by atoms with Gasteiger partial charge < -0.3 is 29.7 Å². The van der Waals surface area contributed by atoms with E-state index in [2.05, 4.69) is 27.6 Å². The highest BCUT2D eigenvalue weighted by Gasteiger charge is 2.17. The maximum absolute atomic E-state index is 5.77. The number of nitrogens with one attached hydrogen (secondary N) is 2. The minimum atomic E-state index is 0. The number of aliphatic imine (C=N–C) groups is 1. The van der Waals surface area contributed by atoms with Crippen molar-refractivity contribution in [2.45, 2.75) is 20.0 Å². The van der Waals surface area contributed by atoms with Crippen molar-refractivity contribution >= 4 is 35.6 Å². The first-order valence-electron chi connectivity index (χ1n) is 8.82. The molecule has 148 valence electrons. The third kappa shape index (κ3) is 7.16. The number of rotatable bonds is 7. The molecule has 1 aromatic carbocycles. The summed E-state index contributed by atoms with van der Waals surface area (Å²) in [4.78, 5) is 6.92. The molecule has 2 rings (SSSR count). The molecule has 1 heterocycles. The maximum atomic E-state index is 5.77. The van der Waals surface area contributed by atoms with Gasteiger partial charge in [-0.1, -0.05) is 0 Å². The van der Waals surface area contributed by atoms with Crippen molar-refractivity contribution in [2.75, 3.05) is 58.9 Å². The van der Waals surface area contributed by atoms with Crippen LogP contribution in [-0.2, 0) is 4.74 Å². The molecule has 0 amide bonds. The molecule has 1 aromatic rings. The van der Waals surface area contributed by atoms with E-state index in [9.17, 15) is 0 Å². The zero-order valence-electron chi connectivity index (χ0n) is 16.1. The second kappa shape index (κ2) is 12.2. The molecule has 1 aliphatic heterocycles. The van der Waals surface area contributed by atoms with E-state index in [0.29, 0.717) is 24.7 Å². The van der Waals surface area contributed by atoms with Gasteiger partial charge in [-0.05, 0) is 33.0 Å². The SMILES string of the molecule is CCNC(=NCC1CN(C)CCO1)Nc1ccc(OC)c(OCC)c1.I. The second-order valence-electron chi connectivity index (χ2n) is 5.90. The summed E-state index contributed by atoms with van der Waals surface area (Å²) < 4.78 is 16.7. The van der Waals surface area contributed by atoms with E-state index >= 15 is 0 Å². The van der Waals surface area contributed by atoms with E-state index in [4.69, 9.17) is 14.2 Å². The van der Waals surface area contributed by atoms with E-state index in [0.717, 1.165) is 37.9 Å². The fourth-order valence-corrected chi connectivity index (χ4v) is 2.64. The van der Waals surface area contributed by atoms with E-state index in [-0.39, 0.29) is 30.1 Å². The number of hydrogen-bond acceptors (Lipinski definition) is 5. The molecule has 8 heteroatoms. The van der Waals surface area contributed by atoms with E-state index in [1.807, 2.05) is 32.0 Å². The number of methoxy groups -OCH3 is 1. The van der Waals surface area contributed by atoms with Gasteiger partial charge in [-0.2, -0.15) is 0 Å². The molecule has 2 N–H and O–H groups in total. The zero-order valence-corrected chi connectivity index (χ0v) is 18.4. The Bertz CT molecular complexity index is 571. The average molecular weight is 478 g/mol. The topological polar surface area (TPSA) is 67.4 Å². The second-order valence-corrected chi connectivity index (χ2v) is 5.90. The van der Waals surface area contributed by atoms with Crippen molar-refractivity contribution in [1.82, 2.24) is 10.2 Å². The van der Waals surface area contributed by atoms with Gasteiger partial charge in [0.05, 0.1) is 33.0 Å². The lowest BCUT2D eigenvalue weighted by Gasteiger charge is -2.29. The number of nitrogens with zero attached hydrogens (tertiary/aromatic N) is 2. The van der Waals surface area contributed by atoms with Crippen LogP contribution in [0.15, 0.2) is 23.2 Å². The Morgan fingerprint density at radius 2 is 2.15 bits per heavy atom. The summed E-state index contributed by atoms with van der Waals surface area (Å²) in [6.45, 7) is 8.62. The van der Waals surface area contributed by atoms with Crippen LogP contribution >= 0.6 is 24.0 Å². The predicted octanol–water partition coefficient (Wildman–Crippen LogP) is 2.42. The first kappa shape index (κ1) is 22.8. The summed E-state index contributed by atoms with van der Waals surface area (Å²) in [5.41, 5.74) is 0.894. The molecule has 26 heavy (non-hydrogen) atoms. The molecular formula is C18H31IN4O3. The van der Waals surface area contributed by atoms with E-state index in [1.54, 1.807) is 7.11 Å². The lowest BCUT2D eigenvalue weighted by molar-refractivity contribution is -0.0136. The Morgan fingerprint density at radius 1 is 1.35 bits per heavy atom. The van der Waals surface area contributed by atoms with Crippen LogP contribution in [0.25, 0.3) is 0 Å². The number of anilines is 1. The summed E-state index contributed by atoms with van der Waals surface area (Å²) in [6, 6.07) is 5.75. The quantitative estimate of drug-likeness (QED) is 0.357. The normalized spacial score (nSPS) is 18.0. The Morgan fingerprint density at radius 3 is 2.81 bits per heavy atom. The van der Waals surface area contributed by atoms with Crippen LogP contribution in [0, 0.1) is 0 Å². The van der Waals surface area contributed by atoms with Crippen LogP contribution in [-0.4, -0.2) is 70.5 Å². The molecule has 0 bridgehead atoms. The fourth-order valence-electron chi connectivity index (χ4n) is 2.64. The minimum Gasteiger partial charge on any atom is -0.493 e.